The predicted molar refractivity (Wildman–Crippen MR) is 93.6 cm³/mol. The third-order valence-corrected chi connectivity index (χ3v) is 3.93. The molecular weight excluding hydrogens is 316 g/mol. The standard InChI is InChI=1S/C19H16N4O2/c1-13-21-22-19(25-13)17-7-4-3-6-15(17)16-9-8-14(24-2)12-18(16)23-11-5-10-20-23/h3-12H,1-2H3. The predicted octanol–water partition coefficient (Wildman–Crippen LogP) is 3.91. The molecule has 0 fully saturated rings. The zero-order valence-corrected chi connectivity index (χ0v) is 13.9. The van der Waals surface area contributed by atoms with Crippen LogP contribution in [0.1, 0.15) is 5.89 Å². The number of rotatable bonds is 4. The molecule has 0 amide bonds. The Labute approximate surface area is 144 Å². The Balaban J connectivity index is 1.94. The summed E-state index contributed by atoms with van der Waals surface area (Å²) in [6.45, 7) is 1.78. The van der Waals surface area contributed by atoms with Crippen LogP contribution in [-0.4, -0.2) is 27.1 Å². The van der Waals surface area contributed by atoms with E-state index < -0.39 is 0 Å². The quantitative estimate of drug-likeness (QED) is 0.567. The summed E-state index contributed by atoms with van der Waals surface area (Å²) < 4.78 is 12.8. The van der Waals surface area contributed by atoms with E-state index in [0.717, 1.165) is 28.1 Å². The maximum atomic E-state index is 5.64. The van der Waals surface area contributed by atoms with Crippen molar-refractivity contribution in [3.05, 3.63) is 66.8 Å². The Bertz CT molecular complexity index is 1010. The summed E-state index contributed by atoms with van der Waals surface area (Å²) in [4.78, 5) is 0. The van der Waals surface area contributed by atoms with Gasteiger partial charge < -0.3 is 9.15 Å². The SMILES string of the molecule is COc1ccc(-c2ccccc2-c2nnc(C)o2)c(-n2cccn2)c1. The molecule has 0 aliphatic heterocycles. The van der Waals surface area contributed by atoms with Crippen LogP contribution in [0, 0.1) is 6.92 Å². The summed E-state index contributed by atoms with van der Waals surface area (Å²) in [7, 11) is 1.65. The highest BCUT2D eigenvalue weighted by Gasteiger charge is 2.16. The lowest BCUT2D eigenvalue weighted by Gasteiger charge is -2.14. The first-order valence-electron chi connectivity index (χ1n) is 7.84. The van der Waals surface area contributed by atoms with Crippen molar-refractivity contribution in [1.29, 1.82) is 0 Å². The molecule has 6 nitrogen and oxygen atoms in total. The van der Waals surface area contributed by atoms with E-state index >= 15 is 0 Å². The minimum atomic E-state index is 0.496. The van der Waals surface area contributed by atoms with Gasteiger partial charge in [-0.2, -0.15) is 5.10 Å². The van der Waals surface area contributed by atoms with E-state index in [1.54, 1.807) is 20.2 Å². The van der Waals surface area contributed by atoms with E-state index in [1.807, 2.05) is 59.4 Å². The van der Waals surface area contributed by atoms with Crippen LogP contribution in [0.3, 0.4) is 0 Å². The highest BCUT2D eigenvalue weighted by molar-refractivity contribution is 5.84. The molecule has 0 bridgehead atoms. The molecule has 0 spiro atoms. The molecule has 0 radical (unpaired) electrons. The Kier molecular flexibility index (Phi) is 3.78. The highest BCUT2D eigenvalue weighted by Crippen LogP contribution is 2.36. The molecule has 0 unspecified atom stereocenters. The van der Waals surface area contributed by atoms with Crippen molar-refractivity contribution in [2.45, 2.75) is 6.92 Å². The molecule has 4 rings (SSSR count). The minimum Gasteiger partial charge on any atom is -0.497 e. The first kappa shape index (κ1) is 15.1. The molecule has 0 N–H and O–H groups in total. The van der Waals surface area contributed by atoms with Gasteiger partial charge in [0.15, 0.2) is 0 Å². The highest BCUT2D eigenvalue weighted by atomic mass is 16.5. The molecule has 2 aromatic heterocycles. The van der Waals surface area contributed by atoms with Crippen LogP contribution in [0.4, 0.5) is 0 Å². The molecular formula is C19H16N4O2. The van der Waals surface area contributed by atoms with Gasteiger partial charge in [0.05, 0.1) is 12.8 Å². The smallest absolute Gasteiger partial charge is 0.248 e. The van der Waals surface area contributed by atoms with Gasteiger partial charge in [-0.15, -0.1) is 10.2 Å². The van der Waals surface area contributed by atoms with Crippen LogP contribution in [-0.2, 0) is 0 Å². The van der Waals surface area contributed by atoms with Crippen molar-refractivity contribution in [2.24, 2.45) is 0 Å². The zero-order chi connectivity index (χ0) is 17.2. The molecule has 4 aromatic rings. The van der Waals surface area contributed by atoms with Crippen LogP contribution in [0.5, 0.6) is 5.75 Å². The van der Waals surface area contributed by atoms with Crippen molar-refractivity contribution in [1.82, 2.24) is 20.0 Å². The van der Waals surface area contributed by atoms with Crippen LogP contribution >= 0.6 is 0 Å². The summed E-state index contributed by atoms with van der Waals surface area (Å²) in [5.41, 5.74) is 3.77. The summed E-state index contributed by atoms with van der Waals surface area (Å²) in [5, 5.41) is 12.5. The number of methoxy groups -OCH3 is 1. The number of aromatic nitrogens is 4. The van der Waals surface area contributed by atoms with E-state index in [9.17, 15) is 0 Å². The number of hydrogen-bond acceptors (Lipinski definition) is 5. The Hall–Kier alpha value is -3.41. The van der Waals surface area contributed by atoms with Gasteiger partial charge in [0.25, 0.3) is 0 Å². The average molecular weight is 332 g/mol. The van der Waals surface area contributed by atoms with E-state index in [4.69, 9.17) is 9.15 Å². The number of hydrogen-bond donors (Lipinski definition) is 0. The number of nitrogens with zero attached hydrogens (tertiary/aromatic N) is 4. The first-order chi connectivity index (χ1) is 12.3. The molecule has 0 aliphatic rings. The van der Waals surface area contributed by atoms with Crippen LogP contribution in [0.15, 0.2) is 65.3 Å². The third kappa shape index (κ3) is 2.78. The zero-order valence-electron chi connectivity index (χ0n) is 13.9. The fraction of sp³-hybridized carbons (Fsp3) is 0.105. The molecule has 0 saturated heterocycles. The second-order valence-corrected chi connectivity index (χ2v) is 5.51. The summed E-state index contributed by atoms with van der Waals surface area (Å²) >= 11 is 0. The molecule has 2 heterocycles. The van der Waals surface area contributed by atoms with E-state index in [2.05, 4.69) is 15.3 Å². The van der Waals surface area contributed by atoms with Gasteiger partial charge in [-0.3, -0.25) is 0 Å². The fourth-order valence-corrected chi connectivity index (χ4v) is 2.78. The van der Waals surface area contributed by atoms with E-state index in [-0.39, 0.29) is 0 Å². The average Bonchev–Trinajstić information content (AvgIpc) is 3.33. The molecule has 25 heavy (non-hydrogen) atoms. The van der Waals surface area contributed by atoms with Crippen molar-refractivity contribution >= 4 is 0 Å². The van der Waals surface area contributed by atoms with Gasteiger partial charge in [-0.25, -0.2) is 4.68 Å². The second kappa shape index (κ2) is 6.24. The number of ether oxygens (including phenoxy) is 1. The van der Waals surface area contributed by atoms with Crippen LogP contribution < -0.4 is 4.74 Å². The number of benzene rings is 2. The van der Waals surface area contributed by atoms with Crippen LogP contribution in [0.2, 0.25) is 0 Å². The van der Waals surface area contributed by atoms with Gasteiger partial charge in [0.2, 0.25) is 11.8 Å². The minimum absolute atomic E-state index is 0.496. The van der Waals surface area contributed by atoms with Gasteiger partial charge >= 0.3 is 0 Å². The Morgan fingerprint density at radius 2 is 1.80 bits per heavy atom. The lowest BCUT2D eigenvalue weighted by atomic mass is 9.98. The van der Waals surface area contributed by atoms with Crippen molar-refractivity contribution in [3.63, 3.8) is 0 Å². The molecule has 0 aliphatic carbocycles. The molecule has 0 saturated carbocycles. The maximum absolute atomic E-state index is 5.64. The summed E-state index contributed by atoms with van der Waals surface area (Å²) in [6, 6.07) is 15.7. The molecule has 0 atom stereocenters. The van der Waals surface area contributed by atoms with Crippen molar-refractivity contribution in [2.75, 3.05) is 7.11 Å². The summed E-state index contributed by atoms with van der Waals surface area (Å²) in [6.07, 6.45) is 3.65. The maximum Gasteiger partial charge on any atom is 0.248 e. The second-order valence-electron chi connectivity index (χ2n) is 5.51. The van der Waals surface area contributed by atoms with Gasteiger partial charge in [-0.1, -0.05) is 18.2 Å². The van der Waals surface area contributed by atoms with Crippen molar-refractivity contribution < 1.29 is 9.15 Å². The van der Waals surface area contributed by atoms with Gasteiger partial charge in [0, 0.05) is 36.5 Å². The van der Waals surface area contributed by atoms with E-state index in [1.165, 1.54) is 0 Å². The van der Waals surface area contributed by atoms with E-state index in [0.29, 0.717) is 11.8 Å². The summed E-state index contributed by atoms with van der Waals surface area (Å²) in [5.74, 6) is 1.79. The molecule has 124 valence electrons. The van der Waals surface area contributed by atoms with Crippen molar-refractivity contribution in [3.8, 4) is 34.0 Å². The lowest BCUT2D eigenvalue weighted by molar-refractivity contribution is 0.414. The molecule has 2 aromatic carbocycles. The Morgan fingerprint density at radius 3 is 2.48 bits per heavy atom. The lowest BCUT2D eigenvalue weighted by Crippen LogP contribution is -1.99. The topological polar surface area (TPSA) is 66.0 Å². The normalized spacial score (nSPS) is 10.8. The third-order valence-electron chi connectivity index (χ3n) is 3.93. The monoisotopic (exact) mass is 332 g/mol. The van der Waals surface area contributed by atoms with Gasteiger partial charge in [0.1, 0.15) is 5.75 Å². The van der Waals surface area contributed by atoms with Gasteiger partial charge in [-0.05, 0) is 29.8 Å². The first-order valence-corrected chi connectivity index (χ1v) is 7.84. The fourth-order valence-electron chi connectivity index (χ4n) is 2.78. The number of aryl methyl sites for hydroxylation is 1. The van der Waals surface area contributed by atoms with Crippen LogP contribution in [0.25, 0.3) is 28.3 Å². The largest absolute Gasteiger partial charge is 0.497 e. The molecule has 6 heteroatoms. The Morgan fingerprint density at radius 1 is 0.960 bits per heavy atom.